The molecule has 0 radical (unpaired) electrons. The van der Waals surface area contributed by atoms with Gasteiger partial charge in [-0.05, 0) is 0 Å². The fourth-order valence-electron chi connectivity index (χ4n) is 1.49. The van der Waals surface area contributed by atoms with Crippen molar-refractivity contribution in [1.29, 1.82) is 0 Å². The van der Waals surface area contributed by atoms with Gasteiger partial charge in [0.1, 0.15) is 0 Å². The maximum absolute atomic E-state index is 11.5. The number of carbonyl (C=O) groups excluding carboxylic acids is 1. The van der Waals surface area contributed by atoms with Crippen LogP contribution in [0.15, 0.2) is 0 Å². The summed E-state index contributed by atoms with van der Waals surface area (Å²) in [5, 5.41) is 38.2. The van der Waals surface area contributed by atoms with Crippen molar-refractivity contribution in [3.8, 4) is 0 Å². The number of hydrogen-bond acceptors (Lipinski definition) is 5. The zero-order chi connectivity index (χ0) is 13.0. The van der Waals surface area contributed by atoms with E-state index in [9.17, 15) is 19.8 Å². The lowest BCUT2D eigenvalue weighted by Crippen LogP contribution is -2.40. The fraction of sp³-hybridized carbons (Fsp3) is 0.778. The third-order valence-corrected chi connectivity index (χ3v) is 2.53. The average molecular weight is 248 g/mol. The van der Waals surface area contributed by atoms with Gasteiger partial charge < -0.3 is 30.6 Å². The largest absolute Gasteiger partial charge is 0.479 e. The van der Waals surface area contributed by atoms with E-state index in [1.54, 1.807) is 0 Å². The van der Waals surface area contributed by atoms with E-state index in [-0.39, 0.29) is 26.1 Å². The van der Waals surface area contributed by atoms with Gasteiger partial charge >= 0.3 is 12.0 Å². The summed E-state index contributed by atoms with van der Waals surface area (Å²) in [6.45, 7) is 0.0813. The molecule has 0 aliphatic carbocycles. The highest BCUT2D eigenvalue weighted by Gasteiger charge is 2.32. The second-order valence-electron chi connectivity index (χ2n) is 3.91. The van der Waals surface area contributed by atoms with Crippen molar-refractivity contribution in [3.05, 3.63) is 0 Å². The molecule has 1 fully saturated rings. The van der Waals surface area contributed by atoms with Gasteiger partial charge in [0.05, 0.1) is 25.3 Å². The Kier molecular flexibility index (Phi) is 4.67. The van der Waals surface area contributed by atoms with Crippen LogP contribution in [0.1, 0.15) is 6.42 Å². The van der Waals surface area contributed by atoms with Gasteiger partial charge in [-0.1, -0.05) is 0 Å². The molecule has 98 valence electrons. The number of rotatable bonds is 4. The van der Waals surface area contributed by atoms with Crippen LogP contribution in [0.25, 0.3) is 0 Å². The Morgan fingerprint density at radius 1 is 1.29 bits per heavy atom. The maximum Gasteiger partial charge on any atom is 0.332 e. The number of aliphatic hydroxyl groups excluding tert-OH is 3. The molecule has 0 saturated carbocycles. The zero-order valence-electron chi connectivity index (χ0n) is 9.11. The summed E-state index contributed by atoms with van der Waals surface area (Å²) >= 11 is 0. The first kappa shape index (κ1) is 13.7. The number of β-amino-alcohol motifs (C(OH)–C–C–N with tert-alkyl or cyclic N) is 2. The summed E-state index contributed by atoms with van der Waals surface area (Å²) in [6, 6.07) is -0.502. The predicted molar refractivity (Wildman–Crippen MR) is 55.2 cm³/mol. The molecule has 1 aliphatic heterocycles. The van der Waals surface area contributed by atoms with Gasteiger partial charge in [-0.25, -0.2) is 9.59 Å². The topological polar surface area (TPSA) is 130 Å². The highest BCUT2D eigenvalue weighted by atomic mass is 16.4. The minimum atomic E-state index is -1.51. The smallest absolute Gasteiger partial charge is 0.332 e. The molecule has 0 aromatic carbocycles. The van der Waals surface area contributed by atoms with Crippen LogP contribution in [0.3, 0.4) is 0 Å². The van der Waals surface area contributed by atoms with E-state index in [0.29, 0.717) is 0 Å². The van der Waals surface area contributed by atoms with Crippen molar-refractivity contribution < 1.29 is 30.0 Å². The molecule has 8 nitrogen and oxygen atoms in total. The zero-order valence-corrected chi connectivity index (χ0v) is 9.11. The van der Waals surface area contributed by atoms with Gasteiger partial charge in [-0.2, -0.15) is 0 Å². The molecule has 1 heterocycles. The first-order valence-electron chi connectivity index (χ1n) is 5.21. The Labute approximate surface area is 97.5 Å². The number of amides is 2. The summed E-state index contributed by atoms with van der Waals surface area (Å²) in [6.07, 6.45) is -3.51. The van der Waals surface area contributed by atoms with Crippen molar-refractivity contribution in [2.24, 2.45) is 0 Å². The minimum absolute atomic E-state index is 0.00892. The fourth-order valence-corrected chi connectivity index (χ4v) is 1.49. The van der Waals surface area contributed by atoms with Crippen LogP contribution in [0.4, 0.5) is 4.79 Å². The van der Waals surface area contributed by atoms with Crippen molar-refractivity contribution >= 4 is 12.0 Å². The third kappa shape index (κ3) is 3.84. The quantitative estimate of drug-likeness (QED) is 0.376. The third-order valence-electron chi connectivity index (χ3n) is 2.53. The van der Waals surface area contributed by atoms with Crippen molar-refractivity contribution in [2.45, 2.75) is 24.7 Å². The molecule has 2 amide bonds. The monoisotopic (exact) mass is 248 g/mol. The predicted octanol–water partition coefficient (Wildman–Crippen LogP) is -2.43. The average Bonchev–Trinajstić information content (AvgIpc) is 2.59. The van der Waals surface area contributed by atoms with E-state index < -0.39 is 30.3 Å². The van der Waals surface area contributed by atoms with Crippen molar-refractivity contribution in [2.75, 3.05) is 19.6 Å². The summed E-state index contributed by atoms with van der Waals surface area (Å²) in [5.74, 6) is -1.34. The molecular formula is C9H16N2O6. The Balaban J connectivity index is 2.24. The molecule has 8 heteroatoms. The molecule has 5 N–H and O–H groups in total. The lowest BCUT2D eigenvalue weighted by Gasteiger charge is -2.16. The van der Waals surface area contributed by atoms with E-state index >= 15 is 0 Å². The van der Waals surface area contributed by atoms with Gasteiger partial charge in [-0.15, -0.1) is 0 Å². The number of carboxylic acids is 1. The summed E-state index contributed by atoms with van der Waals surface area (Å²) in [5.41, 5.74) is 0. The van der Waals surface area contributed by atoms with E-state index in [0.717, 1.165) is 0 Å². The van der Waals surface area contributed by atoms with E-state index in [1.807, 2.05) is 0 Å². The normalized spacial score (nSPS) is 25.7. The molecule has 1 aliphatic rings. The summed E-state index contributed by atoms with van der Waals surface area (Å²) in [7, 11) is 0. The number of hydrogen-bond donors (Lipinski definition) is 5. The van der Waals surface area contributed by atoms with Crippen LogP contribution >= 0.6 is 0 Å². The first-order valence-corrected chi connectivity index (χ1v) is 5.21. The maximum atomic E-state index is 11.5. The molecule has 0 bridgehead atoms. The molecule has 0 spiro atoms. The van der Waals surface area contributed by atoms with E-state index in [2.05, 4.69) is 5.32 Å². The number of carbonyl (C=O) groups is 2. The number of aliphatic carboxylic acids is 1. The van der Waals surface area contributed by atoms with Gasteiger partial charge in [0.2, 0.25) is 0 Å². The Morgan fingerprint density at radius 2 is 1.82 bits per heavy atom. The van der Waals surface area contributed by atoms with Crippen molar-refractivity contribution in [1.82, 2.24) is 10.2 Å². The van der Waals surface area contributed by atoms with Crippen molar-refractivity contribution in [3.63, 3.8) is 0 Å². The molecule has 1 saturated heterocycles. The minimum Gasteiger partial charge on any atom is -0.479 e. The number of likely N-dealkylation sites (tertiary alicyclic amines) is 1. The van der Waals surface area contributed by atoms with Crippen LogP contribution in [-0.2, 0) is 4.79 Å². The van der Waals surface area contributed by atoms with Crippen LogP contribution in [0, 0.1) is 0 Å². The van der Waals surface area contributed by atoms with Gasteiger partial charge in [-0.3, -0.25) is 0 Å². The molecule has 2 unspecified atom stereocenters. The second-order valence-corrected chi connectivity index (χ2v) is 3.91. The van der Waals surface area contributed by atoms with Crippen LogP contribution < -0.4 is 5.32 Å². The molecule has 3 atom stereocenters. The Morgan fingerprint density at radius 3 is 2.29 bits per heavy atom. The molecule has 17 heavy (non-hydrogen) atoms. The van der Waals surface area contributed by atoms with Gasteiger partial charge in [0, 0.05) is 13.0 Å². The molecular weight excluding hydrogens is 232 g/mol. The summed E-state index contributed by atoms with van der Waals surface area (Å²) in [4.78, 5) is 23.0. The number of urea groups is 1. The first-order chi connectivity index (χ1) is 7.91. The molecule has 1 rings (SSSR count). The highest BCUT2D eigenvalue weighted by molar-refractivity contribution is 5.75. The molecule has 0 aromatic rings. The lowest BCUT2D eigenvalue weighted by atomic mass is 10.2. The van der Waals surface area contributed by atoms with Crippen LogP contribution in [0.2, 0.25) is 0 Å². The Hall–Kier alpha value is -1.38. The number of nitrogens with one attached hydrogen (secondary N) is 1. The van der Waals surface area contributed by atoms with Crippen LogP contribution in [-0.4, -0.2) is 75.3 Å². The summed E-state index contributed by atoms with van der Waals surface area (Å²) < 4.78 is 0. The Bertz CT molecular complexity index is 287. The van der Waals surface area contributed by atoms with Gasteiger partial charge in [0.15, 0.2) is 6.10 Å². The number of nitrogens with zero attached hydrogens (tertiary/aromatic N) is 1. The van der Waals surface area contributed by atoms with E-state index in [1.165, 1.54) is 4.90 Å². The van der Waals surface area contributed by atoms with Gasteiger partial charge in [0.25, 0.3) is 0 Å². The van der Waals surface area contributed by atoms with Crippen LogP contribution in [0.5, 0.6) is 0 Å². The lowest BCUT2D eigenvalue weighted by molar-refractivity contribution is -0.146. The molecule has 0 aromatic heterocycles. The SMILES string of the molecule is O=C(O)[C@@H](O)CCNC(=O)N1CC(O)C(O)C1. The number of aliphatic hydroxyl groups is 3. The second kappa shape index (κ2) is 5.80. The highest BCUT2D eigenvalue weighted by Crippen LogP contribution is 2.09. The standard InChI is InChI=1S/C9H16N2O6/c12-5(8(15)16)1-2-10-9(17)11-3-6(13)7(14)4-11/h5-7,12-14H,1-4H2,(H,10,17)(H,15,16)/t5-,6?,7?/m0/s1. The van der Waals surface area contributed by atoms with E-state index in [4.69, 9.17) is 10.2 Å². The number of carboxylic acid groups (broad SMARTS) is 1.